The van der Waals surface area contributed by atoms with Gasteiger partial charge in [-0.05, 0) is 43.3 Å². The molecule has 1 aromatic carbocycles. The molecule has 0 spiro atoms. The van der Waals surface area contributed by atoms with Crippen LogP contribution in [0.2, 0.25) is 0 Å². The maximum absolute atomic E-state index is 12.9. The van der Waals surface area contributed by atoms with Crippen molar-refractivity contribution in [1.82, 2.24) is 19.4 Å². The third-order valence-corrected chi connectivity index (χ3v) is 5.18. The number of aryl methyl sites for hydroxylation is 1. The molecule has 1 amide bonds. The van der Waals surface area contributed by atoms with Crippen molar-refractivity contribution in [1.29, 1.82) is 0 Å². The normalized spacial score (nSPS) is 14.2. The molecule has 29 heavy (non-hydrogen) atoms. The SMILES string of the molecule is Cc1nc(N(C)C)cc(N2CCN(C(=O)c3ccc(-n4cccc4)cc3)CC2)n1. The standard InChI is InChI=1S/C22H26N6O/c1-17-23-20(25(2)3)16-21(24-17)27-12-14-28(15-13-27)22(29)18-6-8-19(9-7-18)26-10-4-5-11-26/h4-11,16H,12-15H2,1-3H3. The molecule has 0 bridgehead atoms. The van der Waals surface area contributed by atoms with E-state index in [1.54, 1.807) is 0 Å². The van der Waals surface area contributed by atoms with Crippen LogP contribution in [0.3, 0.4) is 0 Å². The molecule has 3 heterocycles. The Morgan fingerprint density at radius 2 is 1.62 bits per heavy atom. The summed E-state index contributed by atoms with van der Waals surface area (Å²) in [6.45, 7) is 4.79. The van der Waals surface area contributed by atoms with Gasteiger partial charge in [0.25, 0.3) is 5.91 Å². The van der Waals surface area contributed by atoms with Gasteiger partial charge in [0, 0.05) is 70.0 Å². The molecule has 3 aromatic rings. The van der Waals surface area contributed by atoms with Crippen molar-refractivity contribution in [2.45, 2.75) is 6.92 Å². The molecule has 4 rings (SSSR count). The van der Waals surface area contributed by atoms with Crippen molar-refractivity contribution in [2.24, 2.45) is 0 Å². The number of carbonyl (C=O) groups is 1. The Balaban J connectivity index is 1.41. The summed E-state index contributed by atoms with van der Waals surface area (Å²) >= 11 is 0. The summed E-state index contributed by atoms with van der Waals surface area (Å²) in [6, 6.07) is 13.7. The van der Waals surface area contributed by atoms with Gasteiger partial charge in [-0.25, -0.2) is 9.97 Å². The van der Waals surface area contributed by atoms with E-state index in [-0.39, 0.29) is 5.91 Å². The molecule has 0 unspecified atom stereocenters. The molecule has 0 radical (unpaired) electrons. The fourth-order valence-corrected chi connectivity index (χ4v) is 3.53. The molecule has 0 saturated carbocycles. The lowest BCUT2D eigenvalue weighted by Crippen LogP contribution is -2.49. The van der Waals surface area contributed by atoms with Crippen LogP contribution in [0.5, 0.6) is 0 Å². The molecular formula is C22H26N6O. The zero-order chi connectivity index (χ0) is 20.4. The third-order valence-electron chi connectivity index (χ3n) is 5.18. The molecule has 1 saturated heterocycles. The lowest BCUT2D eigenvalue weighted by atomic mass is 10.1. The van der Waals surface area contributed by atoms with E-state index < -0.39 is 0 Å². The maximum Gasteiger partial charge on any atom is 0.253 e. The van der Waals surface area contributed by atoms with Gasteiger partial charge in [0.15, 0.2) is 0 Å². The van der Waals surface area contributed by atoms with Crippen molar-refractivity contribution in [3.8, 4) is 5.69 Å². The topological polar surface area (TPSA) is 57.5 Å². The molecular weight excluding hydrogens is 364 g/mol. The van der Waals surface area contributed by atoms with Crippen LogP contribution in [0.25, 0.3) is 5.69 Å². The molecule has 7 heteroatoms. The monoisotopic (exact) mass is 390 g/mol. The van der Waals surface area contributed by atoms with Crippen molar-refractivity contribution in [2.75, 3.05) is 50.1 Å². The van der Waals surface area contributed by atoms with Gasteiger partial charge in [-0.15, -0.1) is 0 Å². The molecule has 1 fully saturated rings. The van der Waals surface area contributed by atoms with Gasteiger partial charge in [-0.2, -0.15) is 0 Å². The Morgan fingerprint density at radius 1 is 0.966 bits per heavy atom. The molecule has 1 aliphatic heterocycles. The predicted octanol–water partition coefficient (Wildman–Crippen LogP) is 2.60. The number of carbonyl (C=O) groups excluding carboxylic acids is 1. The van der Waals surface area contributed by atoms with Crippen LogP contribution in [0.1, 0.15) is 16.2 Å². The van der Waals surface area contributed by atoms with Crippen LogP contribution in [0, 0.1) is 6.92 Å². The second kappa shape index (κ2) is 7.95. The van der Waals surface area contributed by atoms with E-state index in [1.807, 2.05) is 90.2 Å². The van der Waals surface area contributed by atoms with Crippen molar-refractivity contribution in [3.05, 3.63) is 66.2 Å². The molecule has 0 N–H and O–H groups in total. The van der Waals surface area contributed by atoms with Crippen molar-refractivity contribution in [3.63, 3.8) is 0 Å². The Bertz CT molecular complexity index is 973. The van der Waals surface area contributed by atoms with Gasteiger partial charge in [0.1, 0.15) is 17.5 Å². The van der Waals surface area contributed by atoms with Gasteiger partial charge in [0.05, 0.1) is 0 Å². The highest BCUT2D eigenvalue weighted by molar-refractivity contribution is 5.94. The van der Waals surface area contributed by atoms with E-state index in [2.05, 4.69) is 14.9 Å². The first kappa shape index (κ1) is 19.0. The van der Waals surface area contributed by atoms with Crippen LogP contribution in [-0.4, -0.2) is 65.6 Å². The first-order valence-electron chi connectivity index (χ1n) is 9.82. The fourth-order valence-electron chi connectivity index (χ4n) is 3.53. The van der Waals surface area contributed by atoms with E-state index in [0.29, 0.717) is 13.1 Å². The highest BCUT2D eigenvalue weighted by Crippen LogP contribution is 2.20. The zero-order valence-corrected chi connectivity index (χ0v) is 17.1. The van der Waals surface area contributed by atoms with Gasteiger partial charge >= 0.3 is 0 Å². The third kappa shape index (κ3) is 4.08. The minimum atomic E-state index is 0.0801. The zero-order valence-electron chi connectivity index (χ0n) is 17.1. The number of hydrogen-bond donors (Lipinski definition) is 0. The van der Waals surface area contributed by atoms with E-state index in [1.165, 1.54) is 0 Å². The summed E-state index contributed by atoms with van der Waals surface area (Å²) in [5, 5.41) is 0. The Kier molecular flexibility index (Phi) is 5.20. The Morgan fingerprint density at radius 3 is 2.24 bits per heavy atom. The number of piperazine rings is 1. The summed E-state index contributed by atoms with van der Waals surface area (Å²) in [4.78, 5) is 28.1. The molecule has 0 atom stereocenters. The summed E-state index contributed by atoms with van der Waals surface area (Å²) < 4.78 is 2.03. The smallest absolute Gasteiger partial charge is 0.253 e. The minimum absolute atomic E-state index is 0.0801. The number of nitrogens with zero attached hydrogens (tertiary/aromatic N) is 6. The average Bonchev–Trinajstić information content (AvgIpc) is 3.28. The van der Waals surface area contributed by atoms with Crippen LogP contribution in [0.4, 0.5) is 11.6 Å². The van der Waals surface area contributed by atoms with E-state index in [4.69, 9.17) is 0 Å². The first-order chi connectivity index (χ1) is 14.0. The second-order valence-corrected chi connectivity index (χ2v) is 7.44. The Labute approximate surface area is 171 Å². The number of anilines is 2. The maximum atomic E-state index is 12.9. The van der Waals surface area contributed by atoms with Crippen LogP contribution >= 0.6 is 0 Å². The molecule has 2 aromatic heterocycles. The van der Waals surface area contributed by atoms with Crippen LogP contribution in [-0.2, 0) is 0 Å². The minimum Gasteiger partial charge on any atom is -0.363 e. The second-order valence-electron chi connectivity index (χ2n) is 7.44. The largest absolute Gasteiger partial charge is 0.363 e. The number of benzene rings is 1. The summed E-state index contributed by atoms with van der Waals surface area (Å²) in [5.41, 5.74) is 1.77. The Hall–Kier alpha value is -3.35. The van der Waals surface area contributed by atoms with E-state index in [0.717, 1.165) is 41.8 Å². The lowest BCUT2D eigenvalue weighted by molar-refractivity contribution is 0.0746. The van der Waals surface area contributed by atoms with Crippen LogP contribution in [0.15, 0.2) is 54.9 Å². The summed E-state index contributed by atoms with van der Waals surface area (Å²) in [6.07, 6.45) is 3.99. The highest BCUT2D eigenvalue weighted by Gasteiger charge is 2.23. The summed E-state index contributed by atoms with van der Waals surface area (Å²) in [5.74, 6) is 2.65. The fraction of sp³-hybridized carbons (Fsp3) is 0.318. The number of aromatic nitrogens is 3. The van der Waals surface area contributed by atoms with Crippen molar-refractivity contribution < 1.29 is 4.79 Å². The lowest BCUT2D eigenvalue weighted by Gasteiger charge is -2.35. The van der Waals surface area contributed by atoms with Crippen LogP contribution < -0.4 is 9.80 Å². The van der Waals surface area contributed by atoms with Gasteiger partial charge in [-0.3, -0.25) is 4.79 Å². The number of amides is 1. The van der Waals surface area contributed by atoms with E-state index in [9.17, 15) is 4.79 Å². The van der Waals surface area contributed by atoms with Gasteiger partial charge in [0.2, 0.25) is 0 Å². The highest BCUT2D eigenvalue weighted by atomic mass is 16.2. The molecule has 0 aliphatic carbocycles. The van der Waals surface area contributed by atoms with Gasteiger partial charge in [-0.1, -0.05) is 0 Å². The van der Waals surface area contributed by atoms with E-state index >= 15 is 0 Å². The molecule has 150 valence electrons. The predicted molar refractivity (Wildman–Crippen MR) is 115 cm³/mol. The van der Waals surface area contributed by atoms with Crippen molar-refractivity contribution >= 4 is 17.5 Å². The first-order valence-corrected chi connectivity index (χ1v) is 9.82. The summed E-state index contributed by atoms with van der Waals surface area (Å²) in [7, 11) is 3.95. The van der Waals surface area contributed by atoms with Gasteiger partial charge < -0.3 is 19.3 Å². The molecule has 7 nitrogen and oxygen atoms in total. The number of rotatable bonds is 4. The molecule has 1 aliphatic rings. The quantitative estimate of drug-likeness (QED) is 0.685. The average molecular weight is 390 g/mol. The number of hydrogen-bond acceptors (Lipinski definition) is 5.